The molecule has 0 N–H and O–H groups in total. The highest BCUT2D eigenvalue weighted by Crippen LogP contribution is 2.14. The third-order valence-electron chi connectivity index (χ3n) is 2.22. The van der Waals surface area contributed by atoms with Crippen LogP contribution in [0.2, 0.25) is 0 Å². The quantitative estimate of drug-likeness (QED) is 0.542. The Bertz CT molecular complexity index is 282. The first-order valence-corrected chi connectivity index (χ1v) is 4.52. The highest BCUT2D eigenvalue weighted by atomic mass is 16.5. The van der Waals surface area contributed by atoms with Gasteiger partial charge in [-0.3, -0.25) is 9.88 Å². The second-order valence-corrected chi connectivity index (χ2v) is 3.60. The molecular formula is C9H13BN2O. The average Bonchev–Trinajstić information content (AvgIpc) is 2.06. The Hall–Kier alpha value is -1.03. The third kappa shape index (κ3) is 2.01. The maximum atomic E-state index is 5.67. The molecule has 13 heavy (non-hydrogen) atoms. The number of aromatic nitrogens is 1. The van der Waals surface area contributed by atoms with Gasteiger partial charge in [-0.15, -0.1) is 0 Å². The lowest BCUT2D eigenvalue weighted by Crippen LogP contribution is -2.51. The van der Waals surface area contributed by atoms with Crippen molar-refractivity contribution in [1.82, 2.24) is 9.88 Å². The van der Waals surface area contributed by atoms with E-state index in [2.05, 4.69) is 16.9 Å². The predicted octanol–water partition coefficient (Wildman–Crippen LogP) is -0.967. The number of hydrogen-bond donors (Lipinski definition) is 0. The molecule has 0 aromatic carbocycles. The minimum atomic E-state index is 0.356. The van der Waals surface area contributed by atoms with Crippen molar-refractivity contribution in [3.8, 4) is 5.75 Å². The van der Waals surface area contributed by atoms with Gasteiger partial charge in [0.2, 0.25) is 0 Å². The number of pyridine rings is 1. The van der Waals surface area contributed by atoms with E-state index in [-0.39, 0.29) is 0 Å². The molecule has 0 spiro atoms. The van der Waals surface area contributed by atoms with E-state index in [1.165, 1.54) is 0 Å². The minimum absolute atomic E-state index is 0.356. The highest BCUT2D eigenvalue weighted by Gasteiger charge is 2.24. The Morgan fingerprint density at radius 3 is 2.85 bits per heavy atom. The average molecular weight is 176 g/mol. The number of rotatable bonds is 2. The summed E-state index contributed by atoms with van der Waals surface area (Å²) in [5, 5.41) is 0. The molecule has 1 aromatic heterocycles. The minimum Gasteiger partial charge on any atom is -0.486 e. The van der Waals surface area contributed by atoms with E-state index in [0.717, 1.165) is 24.4 Å². The molecule has 2 heterocycles. The van der Waals surface area contributed by atoms with E-state index >= 15 is 0 Å². The van der Waals surface area contributed by atoms with Crippen LogP contribution in [0.4, 0.5) is 0 Å². The van der Waals surface area contributed by atoms with Crippen molar-refractivity contribution in [2.75, 3.05) is 20.1 Å². The molecule has 1 saturated heterocycles. The van der Waals surface area contributed by atoms with Crippen LogP contribution in [0.15, 0.2) is 18.3 Å². The molecule has 0 aliphatic carbocycles. The molecule has 4 heteroatoms. The lowest BCUT2D eigenvalue weighted by atomic mass is 10.0. The fraction of sp³-hybridized carbons (Fsp3) is 0.444. The van der Waals surface area contributed by atoms with Crippen LogP contribution in [-0.4, -0.2) is 44.0 Å². The molecule has 0 saturated carbocycles. The standard InChI is InChI=1S/C9H13BN2O/c1-12-5-8(6-12)13-7-2-3-9(10)11-4-7/h2-4,8H,5-6,10H2,1H3. The first-order valence-electron chi connectivity index (χ1n) is 4.52. The Labute approximate surface area is 79.1 Å². The van der Waals surface area contributed by atoms with E-state index in [1.54, 1.807) is 6.20 Å². The largest absolute Gasteiger partial charge is 0.486 e. The molecule has 1 fully saturated rings. The van der Waals surface area contributed by atoms with Gasteiger partial charge in [0.25, 0.3) is 0 Å². The topological polar surface area (TPSA) is 25.4 Å². The van der Waals surface area contributed by atoms with Gasteiger partial charge >= 0.3 is 0 Å². The van der Waals surface area contributed by atoms with E-state index < -0.39 is 0 Å². The molecule has 1 aliphatic rings. The zero-order chi connectivity index (χ0) is 9.26. The lowest BCUT2D eigenvalue weighted by molar-refractivity contribution is 0.0386. The number of ether oxygens (including phenoxy) is 1. The summed E-state index contributed by atoms with van der Waals surface area (Å²) < 4.78 is 5.67. The molecule has 68 valence electrons. The van der Waals surface area contributed by atoms with Gasteiger partial charge in [0.05, 0.1) is 6.20 Å². The summed E-state index contributed by atoms with van der Waals surface area (Å²) in [6.45, 7) is 2.04. The molecule has 3 nitrogen and oxygen atoms in total. The van der Waals surface area contributed by atoms with Crippen molar-refractivity contribution in [2.24, 2.45) is 0 Å². The van der Waals surface area contributed by atoms with Gasteiger partial charge in [0.15, 0.2) is 7.85 Å². The summed E-state index contributed by atoms with van der Waals surface area (Å²) in [4.78, 5) is 6.40. The zero-order valence-electron chi connectivity index (χ0n) is 8.03. The fourth-order valence-corrected chi connectivity index (χ4v) is 1.43. The van der Waals surface area contributed by atoms with Crippen molar-refractivity contribution >= 4 is 13.4 Å². The SMILES string of the molecule is Bc1ccc(OC2CN(C)C2)cn1. The summed E-state index contributed by atoms with van der Waals surface area (Å²) in [7, 11) is 4.06. The lowest BCUT2D eigenvalue weighted by Gasteiger charge is -2.35. The molecular weight excluding hydrogens is 163 g/mol. The maximum absolute atomic E-state index is 5.67. The first kappa shape index (κ1) is 8.57. The summed E-state index contributed by atoms with van der Waals surface area (Å²) in [5.74, 6) is 0.878. The van der Waals surface area contributed by atoms with E-state index in [0.29, 0.717) is 6.10 Å². The Morgan fingerprint density at radius 2 is 2.31 bits per heavy atom. The molecule has 0 bridgehead atoms. The molecule has 1 aromatic rings. The maximum Gasteiger partial charge on any atom is 0.163 e. The van der Waals surface area contributed by atoms with Gasteiger partial charge < -0.3 is 4.74 Å². The smallest absolute Gasteiger partial charge is 0.163 e. The van der Waals surface area contributed by atoms with Crippen LogP contribution in [0.1, 0.15) is 0 Å². The second-order valence-electron chi connectivity index (χ2n) is 3.60. The number of hydrogen-bond acceptors (Lipinski definition) is 3. The highest BCUT2D eigenvalue weighted by molar-refractivity contribution is 6.30. The van der Waals surface area contributed by atoms with Crippen LogP contribution in [0.5, 0.6) is 5.75 Å². The monoisotopic (exact) mass is 176 g/mol. The van der Waals surface area contributed by atoms with Crippen LogP contribution in [0, 0.1) is 0 Å². The number of nitrogens with zero attached hydrogens (tertiary/aromatic N) is 2. The van der Waals surface area contributed by atoms with Crippen LogP contribution in [0.3, 0.4) is 0 Å². The van der Waals surface area contributed by atoms with Crippen molar-refractivity contribution in [3.63, 3.8) is 0 Å². The second kappa shape index (κ2) is 3.38. The van der Waals surface area contributed by atoms with Crippen LogP contribution < -0.4 is 10.3 Å². The summed E-state index contributed by atoms with van der Waals surface area (Å²) >= 11 is 0. The summed E-state index contributed by atoms with van der Waals surface area (Å²) in [6, 6.07) is 3.94. The van der Waals surface area contributed by atoms with Gasteiger partial charge in [0.1, 0.15) is 11.9 Å². The Balaban J connectivity index is 1.91. The fourth-order valence-electron chi connectivity index (χ4n) is 1.43. The summed E-state index contributed by atoms with van der Waals surface area (Å²) in [6.07, 6.45) is 2.14. The van der Waals surface area contributed by atoms with Gasteiger partial charge in [0, 0.05) is 13.1 Å². The van der Waals surface area contributed by atoms with Gasteiger partial charge in [-0.1, -0.05) is 0 Å². The van der Waals surface area contributed by atoms with E-state index in [4.69, 9.17) is 4.74 Å². The van der Waals surface area contributed by atoms with Crippen molar-refractivity contribution < 1.29 is 4.74 Å². The number of likely N-dealkylation sites (N-methyl/N-ethyl adjacent to an activating group) is 1. The Kier molecular flexibility index (Phi) is 2.23. The van der Waals surface area contributed by atoms with E-state index in [1.807, 2.05) is 20.0 Å². The molecule has 1 aliphatic heterocycles. The number of likely N-dealkylation sites (tertiary alicyclic amines) is 1. The van der Waals surface area contributed by atoms with Crippen molar-refractivity contribution in [1.29, 1.82) is 0 Å². The van der Waals surface area contributed by atoms with Gasteiger partial charge in [-0.25, -0.2) is 0 Å². The molecule has 0 amide bonds. The molecule has 0 unspecified atom stereocenters. The molecule has 0 radical (unpaired) electrons. The van der Waals surface area contributed by atoms with Crippen molar-refractivity contribution in [2.45, 2.75) is 6.10 Å². The van der Waals surface area contributed by atoms with Gasteiger partial charge in [-0.05, 0) is 24.8 Å². The zero-order valence-corrected chi connectivity index (χ0v) is 8.03. The van der Waals surface area contributed by atoms with Crippen LogP contribution in [-0.2, 0) is 0 Å². The Morgan fingerprint density at radius 1 is 1.54 bits per heavy atom. The normalized spacial score (nSPS) is 18.2. The van der Waals surface area contributed by atoms with Crippen LogP contribution >= 0.6 is 0 Å². The van der Waals surface area contributed by atoms with Crippen molar-refractivity contribution in [3.05, 3.63) is 18.3 Å². The molecule has 2 rings (SSSR count). The first-order chi connectivity index (χ1) is 6.24. The van der Waals surface area contributed by atoms with Crippen LogP contribution in [0.25, 0.3) is 0 Å². The third-order valence-corrected chi connectivity index (χ3v) is 2.22. The molecule has 0 atom stereocenters. The van der Waals surface area contributed by atoms with E-state index in [9.17, 15) is 0 Å². The summed E-state index contributed by atoms with van der Waals surface area (Å²) in [5.41, 5.74) is 1.03. The predicted molar refractivity (Wildman–Crippen MR) is 54.3 cm³/mol. The van der Waals surface area contributed by atoms with Gasteiger partial charge in [-0.2, -0.15) is 0 Å².